The van der Waals surface area contributed by atoms with Crippen molar-refractivity contribution in [2.24, 2.45) is 0 Å². The van der Waals surface area contributed by atoms with Gasteiger partial charge in [-0.05, 0) is 30.7 Å². The summed E-state index contributed by atoms with van der Waals surface area (Å²) < 4.78 is 55.7. The van der Waals surface area contributed by atoms with Crippen LogP contribution < -0.4 is 14.8 Å². The number of rotatable bonds is 8. The van der Waals surface area contributed by atoms with Gasteiger partial charge < -0.3 is 19.7 Å². The third kappa shape index (κ3) is 4.85. The summed E-state index contributed by atoms with van der Waals surface area (Å²) in [6.45, 7) is 1.04. The Labute approximate surface area is 222 Å². The largest absolute Gasteiger partial charge is 0.493 e. The van der Waals surface area contributed by atoms with Crippen molar-refractivity contribution in [3.8, 4) is 11.5 Å². The standard InChI is InChI=1S/C29H25F3N2O5/c1-18-24(25(35)20-12-8-5-9-13-20)28(29(30,31)32,27(37)34(18)17-19-10-6-4-7-11-19)33-26(36)21-14-15-22(38-2)23(16-21)39-3/h4-16H,17H2,1-3H3,(H,33,36). The Hall–Kier alpha value is -4.60. The Kier molecular flexibility index (Phi) is 7.49. The van der Waals surface area contributed by atoms with Crippen LogP contribution >= 0.6 is 0 Å². The number of allylic oxidation sites excluding steroid dienone is 1. The van der Waals surface area contributed by atoms with Gasteiger partial charge in [0.05, 0.1) is 26.3 Å². The maximum Gasteiger partial charge on any atom is 0.425 e. The van der Waals surface area contributed by atoms with Gasteiger partial charge in [0, 0.05) is 16.8 Å². The van der Waals surface area contributed by atoms with E-state index in [1.165, 1.54) is 63.6 Å². The van der Waals surface area contributed by atoms with E-state index in [2.05, 4.69) is 0 Å². The molecule has 0 spiro atoms. The van der Waals surface area contributed by atoms with Gasteiger partial charge in [0.25, 0.3) is 11.8 Å². The van der Waals surface area contributed by atoms with Crippen LogP contribution in [-0.2, 0) is 11.3 Å². The third-order valence-electron chi connectivity index (χ3n) is 6.53. The number of hydrogen-bond acceptors (Lipinski definition) is 5. The summed E-state index contributed by atoms with van der Waals surface area (Å²) in [5.74, 6) is -3.39. The predicted molar refractivity (Wildman–Crippen MR) is 136 cm³/mol. The van der Waals surface area contributed by atoms with Crippen LogP contribution in [-0.4, -0.2) is 48.4 Å². The van der Waals surface area contributed by atoms with E-state index in [1.54, 1.807) is 36.4 Å². The van der Waals surface area contributed by atoms with Gasteiger partial charge in [0.1, 0.15) is 0 Å². The maximum absolute atomic E-state index is 15.1. The summed E-state index contributed by atoms with van der Waals surface area (Å²) in [7, 11) is 2.67. The highest BCUT2D eigenvalue weighted by Crippen LogP contribution is 2.46. The molecule has 1 aliphatic rings. The zero-order valence-corrected chi connectivity index (χ0v) is 21.3. The second-order valence-corrected chi connectivity index (χ2v) is 8.80. The highest BCUT2D eigenvalue weighted by Gasteiger charge is 2.70. The molecule has 3 aromatic carbocycles. The summed E-state index contributed by atoms with van der Waals surface area (Å²) in [6.07, 6.45) is -5.37. The van der Waals surface area contributed by atoms with Crippen LogP contribution in [0.2, 0.25) is 0 Å². The SMILES string of the molecule is COc1ccc(C(=O)NC2(C(F)(F)F)C(=O)N(Cc3ccccc3)C(C)=C2C(=O)c2ccccc2)cc1OC. The first-order valence-electron chi connectivity index (χ1n) is 11.8. The Morgan fingerprint density at radius 1 is 0.872 bits per heavy atom. The lowest BCUT2D eigenvalue weighted by atomic mass is 9.84. The van der Waals surface area contributed by atoms with E-state index in [4.69, 9.17) is 9.47 Å². The van der Waals surface area contributed by atoms with Crippen LogP contribution in [0.15, 0.2) is 90.1 Å². The molecule has 1 heterocycles. The zero-order chi connectivity index (χ0) is 28.4. The topological polar surface area (TPSA) is 84.9 Å². The van der Waals surface area contributed by atoms with Crippen LogP contribution in [0, 0.1) is 0 Å². The molecule has 39 heavy (non-hydrogen) atoms. The molecule has 202 valence electrons. The Morgan fingerprint density at radius 2 is 1.46 bits per heavy atom. The number of halogens is 3. The monoisotopic (exact) mass is 538 g/mol. The number of Topliss-reactive ketones (excluding diaryl/α,β-unsaturated/α-hetero) is 1. The van der Waals surface area contributed by atoms with Crippen molar-refractivity contribution in [3.05, 3.63) is 107 Å². The van der Waals surface area contributed by atoms with Crippen molar-refractivity contribution in [1.29, 1.82) is 0 Å². The van der Waals surface area contributed by atoms with Gasteiger partial charge in [-0.3, -0.25) is 14.4 Å². The van der Waals surface area contributed by atoms with Crippen molar-refractivity contribution < 1.29 is 37.0 Å². The molecule has 4 rings (SSSR count). The van der Waals surface area contributed by atoms with Crippen molar-refractivity contribution in [2.75, 3.05) is 14.2 Å². The molecular formula is C29H25F3N2O5. The molecule has 0 saturated carbocycles. The first-order valence-corrected chi connectivity index (χ1v) is 11.8. The predicted octanol–water partition coefficient (Wildman–Crippen LogP) is 4.93. The zero-order valence-electron chi connectivity index (χ0n) is 21.3. The Morgan fingerprint density at radius 3 is 2.03 bits per heavy atom. The molecule has 1 atom stereocenters. The van der Waals surface area contributed by atoms with Crippen LogP contribution in [0.5, 0.6) is 11.5 Å². The molecule has 7 nitrogen and oxygen atoms in total. The molecule has 10 heteroatoms. The van der Waals surface area contributed by atoms with E-state index in [0.29, 0.717) is 5.56 Å². The minimum atomic E-state index is -5.37. The molecule has 3 aromatic rings. The fourth-order valence-corrected chi connectivity index (χ4v) is 4.56. The summed E-state index contributed by atoms with van der Waals surface area (Å²) >= 11 is 0. The Bertz CT molecular complexity index is 1440. The summed E-state index contributed by atoms with van der Waals surface area (Å²) in [4.78, 5) is 41.6. The van der Waals surface area contributed by atoms with Crippen LogP contribution in [0.1, 0.15) is 33.2 Å². The Balaban J connectivity index is 1.88. The van der Waals surface area contributed by atoms with E-state index in [9.17, 15) is 14.4 Å². The lowest BCUT2D eigenvalue weighted by Gasteiger charge is -2.33. The number of alkyl halides is 3. The maximum atomic E-state index is 15.1. The van der Waals surface area contributed by atoms with Gasteiger partial charge in [-0.25, -0.2) is 0 Å². The highest BCUT2D eigenvalue weighted by atomic mass is 19.4. The molecule has 0 saturated heterocycles. The van der Waals surface area contributed by atoms with Crippen LogP contribution in [0.25, 0.3) is 0 Å². The van der Waals surface area contributed by atoms with Gasteiger partial charge in [-0.1, -0.05) is 60.7 Å². The molecule has 0 radical (unpaired) electrons. The van der Waals surface area contributed by atoms with Crippen molar-refractivity contribution in [1.82, 2.24) is 10.2 Å². The average Bonchev–Trinajstić information content (AvgIpc) is 3.15. The van der Waals surface area contributed by atoms with E-state index >= 15 is 13.2 Å². The second kappa shape index (κ2) is 10.6. The highest BCUT2D eigenvalue weighted by molar-refractivity contribution is 6.19. The van der Waals surface area contributed by atoms with E-state index in [0.717, 1.165) is 4.90 Å². The molecule has 0 aromatic heterocycles. The van der Waals surface area contributed by atoms with Crippen LogP contribution in [0.4, 0.5) is 13.2 Å². The number of methoxy groups -OCH3 is 2. The molecule has 1 N–H and O–H groups in total. The molecule has 2 amide bonds. The second-order valence-electron chi connectivity index (χ2n) is 8.80. The lowest BCUT2D eigenvalue weighted by molar-refractivity contribution is -0.189. The number of hydrogen-bond donors (Lipinski definition) is 1. The quantitative estimate of drug-likeness (QED) is 0.411. The molecule has 0 bridgehead atoms. The van der Waals surface area contributed by atoms with Crippen LogP contribution in [0.3, 0.4) is 0 Å². The molecule has 1 aliphatic heterocycles. The fourth-order valence-electron chi connectivity index (χ4n) is 4.56. The van der Waals surface area contributed by atoms with E-state index in [-0.39, 0.29) is 34.9 Å². The van der Waals surface area contributed by atoms with Crippen molar-refractivity contribution in [2.45, 2.75) is 25.2 Å². The number of amides is 2. The van der Waals surface area contributed by atoms with Gasteiger partial charge >= 0.3 is 6.18 Å². The molecule has 1 unspecified atom stereocenters. The number of carbonyl (C=O) groups excluding carboxylic acids is 3. The van der Waals surface area contributed by atoms with Crippen molar-refractivity contribution >= 4 is 17.6 Å². The number of benzene rings is 3. The fraction of sp³-hybridized carbons (Fsp3) is 0.207. The number of carbonyl (C=O) groups is 3. The van der Waals surface area contributed by atoms with E-state index < -0.39 is 34.9 Å². The molecule has 0 aliphatic carbocycles. The average molecular weight is 539 g/mol. The normalized spacial score (nSPS) is 17.3. The summed E-state index contributed by atoms with van der Waals surface area (Å²) in [5.41, 5.74) is -4.45. The van der Waals surface area contributed by atoms with Gasteiger partial charge in [-0.15, -0.1) is 0 Å². The van der Waals surface area contributed by atoms with Gasteiger partial charge in [0.15, 0.2) is 17.3 Å². The molecular weight excluding hydrogens is 513 g/mol. The number of nitrogens with one attached hydrogen (secondary N) is 1. The van der Waals surface area contributed by atoms with Gasteiger partial charge in [-0.2, -0.15) is 13.2 Å². The smallest absolute Gasteiger partial charge is 0.425 e. The third-order valence-corrected chi connectivity index (χ3v) is 6.53. The summed E-state index contributed by atoms with van der Waals surface area (Å²) in [5, 5.41) is 1.90. The minimum Gasteiger partial charge on any atom is -0.493 e. The number of nitrogens with zero attached hydrogens (tertiary/aromatic N) is 1. The molecule has 0 fully saturated rings. The van der Waals surface area contributed by atoms with Crippen molar-refractivity contribution in [3.63, 3.8) is 0 Å². The number of ether oxygens (including phenoxy) is 2. The summed E-state index contributed by atoms with van der Waals surface area (Å²) in [6, 6.07) is 19.5. The van der Waals surface area contributed by atoms with E-state index in [1.807, 2.05) is 5.32 Å². The van der Waals surface area contributed by atoms with Gasteiger partial charge in [0.2, 0.25) is 5.54 Å². The number of ketones is 1. The minimum absolute atomic E-state index is 0.0600. The lowest BCUT2D eigenvalue weighted by Crippen LogP contribution is -2.66. The first-order chi connectivity index (χ1) is 18.5. The first kappa shape index (κ1) is 27.4.